The first kappa shape index (κ1) is 13.5. The van der Waals surface area contributed by atoms with Gasteiger partial charge >= 0.3 is 0 Å². The van der Waals surface area contributed by atoms with E-state index >= 15 is 0 Å². The molecule has 7 heteroatoms. The molecular formula is C11H10Cl2F2N2O. The largest absolute Gasteiger partial charge is 0.324 e. The molecule has 3 nitrogen and oxygen atoms in total. The van der Waals surface area contributed by atoms with Crippen molar-refractivity contribution < 1.29 is 13.6 Å². The van der Waals surface area contributed by atoms with Crippen LogP contribution in [0, 0.1) is 0 Å². The molecule has 0 spiro atoms. The van der Waals surface area contributed by atoms with Gasteiger partial charge in [-0.3, -0.25) is 9.69 Å². The molecule has 1 N–H and O–H groups in total. The Morgan fingerprint density at radius 1 is 1.39 bits per heavy atom. The van der Waals surface area contributed by atoms with E-state index in [1.807, 2.05) is 0 Å². The van der Waals surface area contributed by atoms with E-state index in [9.17, 15) is 13.6 Å². The lowest BCUT2D eigenvalue weighted by Gasteiger charge is -2.38. The van der Waals surface area contributed by atoms with Crippen molar-refractivity contribution in [2.75, 3.05) is 25.0 Å². The standard InChI is InChI=1S/C11H10Cl2F2N2O/c12-7-2-1-3-8(10(7)13)16-9(18)4-17-5-11(14,15)6-17/h1-3H,4-6H2,(H,16,18). The Labute approximate surface area is 113 Å². The number of benzene rings is 1. The summed E-state index contributed by atoms with van der Waals surface area (Å²) >= 11 is 11.7. The fourth-order valence-corrected chi connectivity index (χ4v) is 2.06. The molecule has 0 aromatic heterocycles. The Morgan fingerprint density at radius 3 is 2.67 bits per heavy atom. The van der Waals surface area contributed by atoms with Gasteiger partial charge in [0.1, 0.15) is 0 Å². The van der Waals surface area contributed by atoms with Crippen molar-refractivity contribution in [2.45, 2.75) is 5.92 Å². The molecule has 2 rings (SSSR count). The van der Waals surface area contributed by atoms with Gasteiger partial charge in [0.15, 0.2) is 0 Å². The zero-order valence-electron chi connectivity index (χ0n) is 9.22. The highest BCUT2D eigenvalue weighted by Crippen LogP contribution is 2.30. The Balaban J connectivity index is 1.90. The lowest BCUT2D eigenvalue weighted by Crippen LogP contribution is -2.57. The van der Waals surface area contributed by atoms with E-state index in [4.69, 9.17) is 23.2 Å². The second-order valence-electron chi connectivity index (χ2n) is 4.15. The number of nitrogens with one attached hydrogen (secondary N) is 1. The van der Waals surface area contributed by atoms with Gasteiger partial charge in [-0.05, 0) is 12.1 Å². The van der Waals surface area contributed by atoms with E-state index in [0.29, 0.717) is 10.7 Å². The van der Waals surface area contributed by atoms with E-state index in [1.54, 1.807) is 18.2 Å². The molecule has 1 heterocycles. The van der Waals surface area contributed by atoms with Crippen LogP contribution in [0.1, 0.15) is 0 Å². The van der Waals surface area contributed by atoms with Crippen molar-refractivity contribution in [1.82, 2.24) is 4.90 Å². The number of carbonyl (C=O) groups excluding carboxylic acids is 1. The van der Waals surface area contributed by atoms with Crippen LogP contribution in [0.5, 0.6) is 0 Å². The fourth-order valence-electron chi connectivity index (χ4n) is 1.71. The van der Waals surface area contributed by atoms with Crippen LogP contribution in [-0.2, 0) is 4.79 Å². The minimum absolute atomic E-state index is 0.0849. The van der Waals surface area contributed by atoms with Crippen LogP contribution in [0.3, 0.4) is 0 Å². The first-order valence-corrected chi connectivity index (χ1v) is 5.97. The molecule has 0 atom stereocenters. The molecule has 0 aliphatic carbocycles. The van der Waals surface area contributed by atoms with Crippen LogP contribution in [0.15, 0.2) is 18.2 Å². The molecule has 1 saturated heterocycles. The molecule has 1 aromatic rings. The summed E-state index contributed by atoms with van der Waals surface area (Å²) in [4.78, 5) is 12.9. The summed E-state index contributed by atoms with van der Waals surface area (Å²) in [7, 11) is 0. The van der Waals surface area contributed by atoms with Gasteiger partial charge in [-0.25, -0.2) is 8.78 Å². The third-order valence-electron chi connectivity index (χ3n) is 2.50. The van der Waals surface area contributed by atoms with Gasteiger partial charge in [0.05, 0.1) is 35.4 Å². The summed E-state index contributed by atoms with van der Waals surface area (Å²) in [6, 6.07) is 4.83. The van der Waals surface area contributed by atoms with Crippen LogP contribution in [0.25, 0.3) is 0 Å². The topological polar surface area (TPSA) is 32.3 Å². The van der Waals surface area contributed by atoms with Gasteiger partial charge in [0, 0.05) is 0 Å². The molecule has 0 unspecified atom stereocenters. The second kappa shape index (κ2) is 4.99. The fraction of sp³-hybridized carbons (Fsp3) is 0.364. The first-order chi connectivity index (χ1) is 8.37. The van der Waals surface area contributed by atoms with Crippen molar-refractivity contribution in [3.05, 3.63) is 28.2 Å². The summed E-state index contributed by atoms with van der Waals surface area (Å²) in [6.07, 6.45) is 0. The molecule has 0 saturated carbocycles. The molecule has 98 valence electrons. The van der Waals surface area contributed by atoms with E-state index in [2.05, 4.69) is 5.32 Å². The molecule has 1 aromatic carbocycles. The molecule has 18 heavy (non-hydrogen) atoms. The number of likely N-dealkylation sites (tertiary alicyclic amines) is 1. The average Bonchev–Trinajstić information content (AvgIpc) is 2.22. The zero-order chi connectivity index (χ0) is 13.3. The highest BCUT2D eigenvalue weighted by Gasteiger charge is 2.44. The number of nitrogens with zero attached hydrogens (tertiary/aromatic N) is 1. The highest BCUT2D eigenvalue weighted by molar-refractivity contribution is 6.43. The molecule has 1 aliphatic heterocycles. The zero-order valence-corrected chi connectivity index (χ0v) is 10.7. The lowest BCUT2D eigenvalue weighted by molar-refractivity contribution is -0.141. The quantitative estimate of drug-likeness (QED) is 0.930. The van der Waals surface area contributed by atoms with Crippen LogP contribution in [0.2, 0.25) is 10.0 Å². The summed E-state index contributed by atoms with van der Waals surface area (Å²) in [6.45, 7) is -0.855. The van der Waals surface area contributed by atoms with E-state index in [1.165, 1.54) is 4.90 Å². The van der Waals surface area contributed by atoms with Gasteiger partial charge < -0.3 is 5.32 Å². The van der Waals surface area contributed by atoms with Crippen LogP contribution < -0.4 is 5.32 Å². The summed E-state index contributed by atoms with van der Waals surface area (Å²) < 4.78 is 25.1. The number of amides is 1. The molecular weight excluding hydrogens is 285 g/mol. The molecule has 1 fully saturated rings. The smallest absolute Gasteiger partial charge is 0.272 e. The Morgan fingerprint density at radius 2 is 2.06 bits per heavy atom. The minimum atomic E-state index is -2.67. The SMILES string of the molecule is O=C(CN1CC(F)(F)C1)Nc1cccc(Cl)c1Cl. The number of rotatable bonds is 3. The Hall–Kier alpha value is -0.910. The van der Waals surface area contributed by atoms with Crippen LogP contribution >= 0.6 is 23.2 Å². The van der Waals surface area contributed by atoms with E-state index in [0.717, 1.165) is 0 Å². The minimum Gasteiger partial charge on any atom is -0.324 e. The third kappa shape index (κ3) is 3.10. The van der Waals surface area contributed by atoms with Gasteiger partial charge in [0.25, 0.3) is 5.92 Å². The van der Waals surface area contributed by atoms with E-state index in [-0.39, 0.29) is 24.7 Å². The van der Waals surface area contributed by atoms with E-state index < -0.39 is 11.8 Å². The number of halogens is 4. The lowest BCUT2D eigenvalue weighted by atomic mass is 10.1. The summed E-state index contributed by atoms with van der Waals surface area (Å²) in [5.41, 5.74) is 0.376. The summed E-state index contributed by atoms with van der Waals surface area (Å²) in [5.74, 6) is -3.07. The van der Waals surface area contributed by atoms with Gasteiger partial charge in [0.2, 0.25) is 5.91 Å². The van der Waals surface area contributed by atoms with Crippen LogP contribution in [-0.4, -0.2) is 36.4 Å². The van der Waals surface area contributed by atoms with Gasteiger partial charge in [-0.15, -0.1) is 0 Å². The average molecular weight is 295 g/mol. The van der Waals surface area contributed by atoms with Gasteiger partial charge in [-0.1, -0.05) is 29.3 Å². The maximum absolute atomic E-state index is 12.6. The maximum atomic E-state index is 12.6. The summed E-state index contributed by atoms with van der Waals surface area (Å²) in [5, 5.41) is 3.10. The monoisotopic (exact) mass is 294 g/mol. The van der Waals surface area contributed by atoms with Gasteiger partial charge in [-0.2, -0.15) is 0 Å². The molecule has 1 aliphatic rings. The molecule has 0 radical (unpaired) electrons. The molecule has 0 bridgehead atoms. The van der Waals surface area contributed by atoms with Crippen molar-refractivity contribution >= 4 is 34.8 Å². The number of anilines is 1. The number of hydrogen-bond donors (Lipinski definition) is 1. The number of carbonyl (C=O) groups is 1. The van der Waals surface area contributed by atoms with Crippen molar-refractivity contribution in [3.63, 3.8) is 0 Å². The Bertz CT molecular complexity index is 474. The number of alkyl halides is 2. The molecule has 1 amide bonds. The van der Waals surface area contributed by atoms with Crippen molar-refractivity contribution in [3.8, 4) is 0 Å². The normalized spacial score (nSPS) is 18.2. The Kier molecular flexibility index (Phi) is 3.75. The van der Waals surface area contributed by atoms with Crippen molar-refractivity contribution in [1.29, 1.82) is 0 Å². The second-order valence-corrected chi connectivity index (χ2v) is 4.94. The first-order valence-electron chi connectivity index (χ1n) is 5.21. The van der Waals surface area contributed by atoms with Crippen LogP contribution in [0.4, 0.5) is 14.5 Å². The number of hydrogen-bond acceptors (Lipinski definition) is 2. The predicted molar refractivity (Wildman–Crippen MR) is 66.5 cm³/mol. The third-order valence-corrected chi connectivity index (χ3v) is 3.32. The highest BCUT2D eigenvalue weighted by atomic mass is 35.5. The van der Waals surface area contributed by atoms with Crippen molar-refractivity contribution in [2.24, 2.45) is 0 Å². The predicted octanol–water partition coefficient (Wildman–Crippen LogP) is 2.88. The maximum Gasteiger partial charge on any atom is 0.272 e.